The van der Waals surface area contributed by atoms with E-state index in [2.05, 4.69) is 0 Å². The first-order valence-electron chi connectivity index (χ1n) is 3.21. The Bertz CT molecular complexity index is 140. The molecule has 0 saturated heterocycles. The van der Waals surface area contributed by atoms with Crippen LogP contribution in [-0.4, -0.2) is 5.38 Å². The first-order valence-corrected chi connectivity index (χ1v) is 3.64. The monoisotopic (exact) mass is 148 g/mol. The molecule has 0 bridgehead atoms. The normalized spacial score (nSPS) is 29.0. The Morgan fingerprint density at radius 1 is 1.67 bits per heavy atom. The molecule has 9 heavy (non-hydrogen) atoms. The fourth-order valence-electron chi connectivity index (χ4n) is 1.06. The van der Waals surface area contributed by atoms with E-state index in [1.165, 1.54) is 0 Å². The summed E-state index contributed by atoms with van der Waals surface area (Å²) in [6.07, 6.45) is 2.72. The predicted molar refractivity (Wildman–Crippen MR) is 37.3 cm³/mol. The van der Waals surface area contributed by atoms with Crippen molar-refractivity contribution in [2.24, 2.45) is 0 Å². The molecule has 0 spiro atoms. The van der Waals surface area contributed by atoms with E-state index in [0.717, 1.165) is 24.8 Å². The quantitative estimate of drug-likeness (QED) is 0.464. The average molecular weight is 149 g/mol. The van der Waals surface area contributed by atoms with Gasteiger partial charge in [0, 0.05) is 0 Å². The third kappa shape index (κ3) is 1.45. The fraction of sp³-hybridized carbons (Fsp3) is 0.714. The Hall–Kier alpha value is -0.0400. The van der Waals surface area contributed by atoms with Crippen LogP contribution in [0.3, 0.4) is 0 Å². The Kier molecular flexibility index (Phi) is 2.12. The van der Waals surface area contributed by atoms with Gasteiger partial charge in [-0.25, -0.2) is 4.39 Å². The highest BCUT2D eigenvalue weighted by Crippen LogP contribution is 2.28. The van der Waals surface area contributed by atoms with Gasteiger partial charge in [-0.1, -0.05) is 0 Å². The number of alkyl halides is 1. The van der Waals surface area contributed by atoms with Crippen LogP contribution in [0.5, 0.6) is 0 Å². The summed E-state index contributed by atoms with van der Waals surface area (Å²) in [4.78, 5) is 0. The molecular formula is C7H10ClF. The van der Waals surface area contributed by atoms with E-state index in [4.69, 9.17) is 11.6 Å². The van der Waals surface area contributed by atoms with Gasteiger partial charge in [-0.2, -0.15) is 0 Å². The zero-order valence-corrected chi connectivity index (χ0v) is 6.21. The summed E-state index contributed by atoms with van der Waals surface area (Å²) in [7, 11) is 0. The second kappa shape index (κ2) is 2.70. The maximum Gasteiger partial charge on any atom is 0.117 e. The highest BCUT2D eigenvalue weighted by Gasteiger charge is 2.17. The Morgan fingerprint density at radius 3 is 2.78 bits per heavy atom. The van der Waals surface area contributed by atoms with E-state index in [-0.39, 0.29) is 11.2 Å². The van der Waals surface area contributed by atoms with E-state index in [0.29, 0.717) is 0 Å². The highest BCUT2D eigenvalue weighted by atomic mass is 35.5. The van der Waals surface area contributed by atoms with Crippen molar-refractivity contribution in [3.63, 3.8) is 0 Å². The summed E-state index contributed by atoms with van der Waals surface area (Å²) in [5.41, 5.74) is 0.834. The van der Waals surface area contributed by atoms with E-state index < -0.39 is 0 Å². The molecule has 0 aliphatic heterocycles. The van der Waals surface area contributed by atoms with Crippen LogP contribution in [0.15, 0.2) is 11.4 Å². The van der Waals surface area contributed by atoms with Crippen molar-refractivity contribution in [3.8, 4) is 0 Å². The molecule has 0 nitrogen and oxygen atoms in total. The summed E-state index contributed by atoms with van der Waals surface area (Å²) in [6, 6.07) is 0. The van der Waals surface area contributed by atoms with Crippen LogP contribution in [0.2, 0.25) is 0 Å². The molecule has 0 aromatic rings. The molecule has 2 heteroatoms. The Morgan fingerprint density at radius 2 is 2.33 bits per heavy atom. The number of allylic oxidation sites excluding steroid dienone is 2. The molecule has 0 aromatic heterocycles. The molecule has 0 N–H and O–H groups in total. The zero-order valence-electron chi connectivity index (χ0n) is 5.45. The SMILES string of the molecule is CC1=C(F)C(Cl)CCC1. The van der Waals surface area contributed by atoms with Gasteiger partial charge in [0.05, 0.1) is 5.38 Å². The summed E-state index contributed by atoms with van der Waals surface area (Å²) in [6.45, 7) is 1.81. The smallest absolute Gasteiger partial charge is 0.117 e. The second-order valence-electron chi connectivity index (χ2n) is 2.49. The number of hydrogen-bond donors (Lipinski definition) is 0. The second-order valence-corrected chi connectivity index (χ2v) is 3.01. The van der Waals surface area contributed by atoms with Gasteiger partial charge in [0.15, 0.2) is 0 Å². The lowest BCUT2D eigenvalue weighted by molar-refractivity contribution is 0.520. The van der Waals surface area contributed by atoms with E-state index in [1.54, 1.807) is 0 Å². The van der Waals surface area contributed by atoms with Gasteiger partial charge in [0.1, 0.15) is 5.83 Å². The molecule has 0 saturated carbocycles. The van der Waals surface area contributed by atoms with Crippen molar-refractivity contribution in [2.75, 3.05) is 0 Å². The molecule has 1 atom stereocenters. The lowest BCUT2D eigenvalue weighted by Gasteiger charge is -2.15. The minimum Gasteiger partial charge on any atom is -0.210 e. The summed E-state index contributed by atoms with van der Waals surface area (Å²) < 4.78 is 12.7. The third-order valence-corrected chi connectivity index (χ3v) is 2.10. The fourth-order valence-corrected chi connectivity index (χ4v) is 1.40. The van der Waals surface area contributed by atoms with Crippen LogP contribution >= 0.6 is 11.6 Å². The van der Waals surface area contributed by atoms with Gasteiger partial charge in [-0.05, 0) is 31.8 Å². The molecule has 1 unspecified atom stereocenters. The van der Waals surface area contributed by atoms with E-state index in [1.807, 2.05) is 6.92 Å². The number of rotatable bonds is 0. The lowest BCUT2D eigenvalue weighted by atomic mass is 10.00. The van der Waals surface area contributed by atoms with Crippen LogP contribution < -0.4 is 0 Å². The van der Waals surface area contributed by atoms with Crippen molar-refractivity contribution < 1.29 is 4.39 Å². The minimum absolute atomic E-state index is 0.0945. The van der Waals surface area contributed by atoms with Crippen LogP contribution in [0, 0.1) is 0 Å². The van der Waals surface area contributed by atoms with Gasteiger partial charge in [0.2, 0.25) is 0 Å². The van der Waals surface area contributed by atoms with Crippen molar-refractivity contribution in [1.82, 2.24) is 0 Å². The first-order chi connectivity index (χ1) is 4.22. The van der Waals surface area contributed by atoms with E-state index >= 15 is 0 Å². The van der Waals surface area contributed by atoms with Crippen molar-refractivity contribution >= 4 is 11.6 Å². The Labute approximate surface area is 59.7 Å². The Balaban J connectivity index is 2.72. The molecular weight excluding hydrogens is 139 g/mol. The first kappa shape index (κ1) is 7.07. The van der Waals surface area contributed by atoms with Gasteiger partial charge >= 0.3 is 0 Å². The third-order valence-electron chi connectivity index (χ3n) is 1.69. The summed E-state index contributed by atoms with van der Waals surface area (Å²) in [5, 5.41) is -0.334. The highest BCUT2D eigenvalue weighted by molar-refractivity contribution is 6.22. The van der Waals surface area contributed by atoms with Crippen molar-refractivity contribution in [3.05, 3.63) is 11.4 Å². The standard InChI is InChI=1S/C7H10ClF/c1-5-3-2-4-6(8)7(5)9/h6H,2-4H2,1H3. The molecule has 1 rings (SSSR count). The summed E-state index contributed by atoms with van der Waals surface area (Å²) in [5.74, 6) is -0.0945. The lowest BCUT2D eigenvalue weighted by Crippen LogP contribution is -2.06. The molecule has 0 aromatic carbocycles. The van der Waals surface area contributed by atoms with Crippen LogP contribution in [0.1, 0.15) is 26.2 Å². The van der Waals surface area contributed by atoms with E-state index in [9.17, 15) is 4.39 Å². The maximum absolute atomic E-state index is 12.7. The zero-order chi connectivity index (χ0) is 6.85. The minimum atomic E-state index is -0.334. The molecule has 0 amide bonds. The average Bonchev–Trinajstić information content (AvgIpc) is 1.83. The van der Waals surface area contributed by atoms with Crippen LogP contribution in [0.25, 0.3) is 0 Å². The molecule has 0 fully saturated rings. The number of hydrogen-bond acceptors (Lipinski definition) is 0. The maximum atomic E-state index is 12.7. The topological polar surface area (TPSA) is 0 Å². The summed E-state index contributed by atoms with van der Waals surface area (Å²) >= 11 is 5.63. The van der Waals surface area contributed by atoms with Gasteiger partial charge in [0.25, 0.3) is 0 Å². The molecule has 0 radical (unpaired) electrons. The largest absolute Gasteiger partial charge is 0.210 e. The number of halogens is 2. The van der Waals surface area contributed by atoms with Crippen molar-refractivity contribution in [1.29, 1.82) is 0 Å². The molecule has 0 heterocycles. The molecule has 1 aliphatic rings. The van der Waals surface area contributed by atoms with Crippen LogP contribution in [0.4, 0.5) is 4.39 Å². The van der Waals surface area contributed by atoms with Gasteiger partial charge in [-0.3, -0.25) is 0 Å². The van der Waals surface area contributed by atoms with Crippen molar-refractivity contribution in [2.45, 2.75) is 31.6 Å². The van der Waals surface area contributed by atoms with Crippen LogP contribution in [-0.2, 0) is 0 Å². The van der Waals surface area contributed by atoms with Gasteiger partial charge < -0.3 is 0 Å². The van der Waals surface area contributed by atoms with Gasteiger partial charge in [-0.15, -0.1) is 11.6 Å². The predicted octanol–water partition coefficient (Wildman–Crippen LogP) is 3.02. The molecule has 1 aliphatic carbocycles. The molecule has 52 valence electrons.